The molecule has 0 unspecified atom stereocenters. The van der Waals surface area contributed by atoms with Crippen molar-refractivity contribution in [3.05, 3.63) is 81.9 Å². The summed E-state index contributed by atoms with van der Waals surface area (Å²) >= 11 is 0. The van der Waals surface area contributed by atoms with Crippen LogP contribution in [0.15, 0.2) is 65.3 Å². The Kier molecular flexibility index (Phi) is 6.17. The summed E-state index contributed by atoms with van der Waals surface area (Å²) in [5, 5.41) is 9.40. The number of carbonyl (C=O) groups is 2. The third-order valence-electron chi connectivity index (χ3n) is 5.01. The Hall–Kier alpha value is -3.65. The van der Waals surface area contributed by atoms with Crippen LogP contribution in [0.2, 0.25) is 0 Å². The largest absolute Gasteiger partial charge is 0.489 e. The van der Waals surface area contributed by atoms with Crippen LogP contribution in [-0.2, 0) is 16.2 Å². The van der Waals surface area contributed by atoms with Gasteiger partial charge in [-0.3, -0.25) is 14.5 Å². The third kappa shape index (κ3) is 4.33. The Morgan fingerprint density at radius 2 is 1.63 bits per heavy atom. The van der Waals surface area contributed by atoms with E-state index in [1.807, 2.05) is 61.5 Å². The second kappa shape index (κ2) is 8.79. The van der Waals surface area contributed by atoms with E-state index in [2.05, 4.69) is 0 Å². The van der Waals surface area contributed by atoms with E-state index in [4.69, 9.17) is 4.74 Å². The molecule has 0 N–H and O–H groups in total. The van der Waals surface area contributed by atoms with E-state index in [1.165, 1.54) is 5.56 Å². The van der Waals surface area contributed by atoms with Crippen LogP contribution in [0, 0.1) is 18.3 Å². The molecule has 5 heteroatoms. The fourth-order valence-corrected chi connectivity index (χ4v) is 3.25. The highest BCUT2D eigenvalue weighted by Crippen LogP contribution is 2.28. The topological polar surface area (TPSA) is 70.4 Å². The smallest absolute Gasteiger partial charge is 0.271 e. The number of benzene rings is 2. The van der Waals surface area contributed by atoms with Crippen LogP contribution >= 0.6 is 0 Å². The van der Waals surface area contributed by atoms with Gasteiger partial charge in [0.1, 0.15) is 24.0 Å². The third-order valence-corrected chi connectivity index (χ3v) is 5.01. The molecule has 152 valence electrons. The molecule has 0 saturated carbocycles. The normalized spacial score (nSPS) is 15.7. The number of nitriles is 1. The van der Waals surface area contributed by atoms with Gasteiger partial charge in [0.2, 0.25) is 0 Å². The van der Waals surface area contributed by atoms with E-state index < -0.39 is 5.91 Å². The van der Waals surface area contributed by atoms with Gasteiger partial charge in [-0.05, 0) is 62.6 Å². The lowest BCUT2D eigenvalue weighted by Crippen LogP contribution is -2.46. The van der Waals surface area contributed by atoms with Crippen molar-refractivity contribution in [1.82, 2.24) is 4.90 Å². The van der Waals surface area contributed by atoms with Crippen molar-refractivity contribution in [3.8, 4) is 11.8 Å². The molecule has 1 aliphatic heterocycles. The average Bonchev–Trinajstić information content (AvgIpc) is 2.72. The van der Waals surface area contributed by atoms with Crippen LogP contribution in [0.1, 0.15) is 37.5 Å². The van der Waals surface area contributed by atoms with Gasteiger partial charge in [0, 0.05) is 11.6 Å². The molecule has 0 aliphatic carbocycles. The highest BCUT2D eigenvalue weighted by atomic mass is 16.5. The SMILES string of the molecule is CC1=C(C#N)C(=O)N(C(C)C)C(=O)/C1=C/c1ccc(OCc2ccc(C)cc2)cc1. The second-order valence-electron chi connectivity index (χ2n) is 7.59. The molecule has 0 radical (unpaired) electrons. The summed E-state index contributed by atoms with van der Waals surface area (Å²) in [5.41, 5.74) is 3.85. The first-order chi connectivity index (χ1) is 14.3. The van der Waals surface area contributed by atoms with Crippen LogP contribution in [0.25, 0.3) is 6.08 Å². The Bertz CT molecular complexity index is 1070. The predicted molar refractivity (Wildman–Crippen MR) is 115 cm³/mol. The molecule has 1 heterocycles. The maximum Gasteiger partial charge on any atom is 0.271 e. The number of nitrogens with zero attached hydrogens (tertiary/aromatic N) is 2. The molecule has 0 saturated heterocycles. The summed E-state index contributed by atoms with van der Waals surface area (Å²) in [7, 11) is 0. The van der Waals surface area contributed by atoms with Crippen molar-refractivity contribution in [1.29, 1.82) is 5.26 Å². The summed E-state index contributed by atoms with van der Waals surface area (Å²) in [6, 6.07) is 17.1. The first-order valence-electron chi connectivity index (χ1n) is 9.81. The van der Waals surface area contributed by atoms with Crippen LogP contribution in [0.5, 0.6) is 5.75 Å². The minimum Gasteiger partial charge on any atom is -0.489 e. The summed E-state index contributed by atoms with van der Waals surface area (Å²) in [4.78, 5) is 26.5. The molecule has 0 atom stereocenters. The molecule has 0 bridgehead atoms. The van der Waals surface area contributed by atoms with Crippen LogP contribution in [0.3, 0.4) is 0 Å². The number of imide groups is 1. The molecule has 0 spiro atoms. The Morgan fingerprint density at radius 3 is 2.20 bits per heavy atom. The second-order valence-corrected chi connectivity index (χ2v) is 7.59. The highest BCUT2D eigenvalue weighted by Gasteiger charge is 2.36. The minimum atomic E-state index is -0.535. The predicted octanol–water partition coefficient (Wildman–Crippen LogP) is 4.57. The fraction of sp³-hybridized carbons (Fsp3) is 0.240. The fourth-order valence-electron chi connectivity index (χ4n) is 3.25. The minimum absolute atomic E-state index is 0.00704. The lowest BCUT2D eigenvalue weighted by atomic mass is 9.93. The number of hydrogen-bond donors (Lipinski definition) is 0. The first-order valence-corrected chi connectivity index (χ1v) is 9.81. The number of amides is 2. The molecule has 30 heavy (non-hydrogen) atoms. The quantitative estimate of drug-likeness (QED) is 0.544. The molecular weight excluding hydrogens is 376 g/mol. The number of hydrogen-bond acceptors (Lipinski definition) is 4. The molecule has 0 aromatic heterocycles. The molecule has 0 fully saturated rings. The molecular formula is C25H24N2O3. The summed E-state index contributed by atoms with van der Waals surface area (Å²) in [6.07, 6.45) is 1.71. The molecule has 2 amide bonds. The molecule has 3 rings (SSSR count). The zero-order valence-electron chi connectivity index (χ0n) is 17.6. The number of carbonyl (C=O) groups excluding carboxylic acids is 2. The van der Waals surface area contributed by atoms with Crippen molar-refractivity contribution in [3.63, 3.8) is 0 Å². The van der Waals surface area contributed by atoms with Gasteiger partial charge >= 0.3 is 0 Å². The molecule has 5 nitrogen and oxygen atoms in total. The van der Waals surface area contributed by atoms with Gasteiger partial charge in [0.25, 0.3) is 11.8 Å². The van der Waals surface area contributed by atoms with Gasteiger partial charge in [0.15, 0.2) is 0 Å². The van der Waals surface area contributed by atoms with Crippen molar-refractivity contribution in [2.24, 2.45) is 0 Å². The van der Waals surface area contributed by atoms with Crippen LogP contribution in [0.4, 0.5) is 0 Å². The lowest BCUT2D eigenvalue weighted by Gasteiger charge is -2.30. The van der Waals surface area contributed by atoms with Crippen molar-refractivity contribution in [2.45, 2.75) is 40.3 Å². The van der Waals surface area contributed by atoms with Crippen LogP contribution < -0.4 is 4.74 Å². The molecule has 1 aliphatic rings. The number of aryl methyl sites for hydroxylation is 1. The van der Waals surface area contributed by atoms with E-state index >= 15 is 0 Å². The van der Waals surface area contributed by atoms with Crippen molar-refractivity contribution >= 4 is 17.9 Å². The van der Waals surface area contributed by atoms with Gasteiger partial charge in [-0.1, -0.05) is 42.0 Å². The Labute approximate surface area is 176 Å². The van der Waals surface area contributed by atoms with E-state index in [9.17, 15) is 14.9 Å². The lowest BCUT2D eigenvalue weighted by molar-refractivity contribution is -0.142. The van der Waals surface area contributed by atoms with Crippen molar-refractivity contribution < 1.29 is 14.3 Å². The van der Waals surface area contributed by atoms with Gasteiger partial charge < -0.3 is 4.74 Å². The first kappa shape index (κ1) is 21.1. The summed E-state index contributed by atoms with van der Waals surface area (Å²) in [6.45, 7) is 7.66. The highest BCUT2D eigenvalue weighted by molar-refractivity contribution is 6.19. The van der Waals surface area contributed by atoms with Crippen molar-refractivity contribution in [2.75, 3.05) is 0 Å². The van der Waals surface area contributed by atoms with Crippen LogP contribution in [-0.4, -0.2) is 22.8 Å². The van der Waals surface area contributed by atoms with Gasteiger partial charge in [-0.25, -0.2) is 0 Å². The van der Waals surface area contributed by atoms with Gasteiger partial charge in [0.05, 0.1) is 0 Å². The molecule has 2 aromatic carbocycles. The van der Waals surface area contributed by atoms with Gasteiger partial charge in [-0.2, -0.15) is 5.26 Å². The van der Waals surface area contributed by atoms with E-state index in [-0.39, 0.29) is 17.5 Å². The van der Waals surface area contributed by atoms with E-state index in [0.717, 1.165) is 21.8 Å². The Balaban J connectivity index is 1.82. The maximum atomic E-state index is 12.9. The summed E-state index contributed by atoms with van der Waals surface area (Å²) < 4.78 is 5.82. The van der Waals surface area contributed by atoms with E-state index in [0.29, 0.717) is 17.8 Å². The molecule has 2 aromatic rings. The number of ether oxygens (including phenoxy) is 1. The van der Waals surface area contributed by atoms with E-state index in [1.54, 1.807) is 26.8 Å². The number of rotatable bonds is 5. The monoisotopic (exact) mass is 400 g/mol. The average molecular weight is 400 g/mol. The maximum absolute atomic E-state index is 12.9. The standard InChI is InChI=1S/C25H24N2O3/c1-16(2)27-24(28)22(18(4)23(14-26)25(27)29)13-19-9-11-21(12-10-19)30-15-20-7-5-17(3)6-8-20/h5-13,16H,15H2,1-4H3/b22-13+. The Morgan fingerprint density at radius 1 is 1.00 bits per heavy atom. The zero-order chi connectivity index (χ0) is 21.8. The zero-order valence-corrected chi connectivity index (χ0v) is 17.6. The summed E-state index contributed by atoms with van der Waals surface area (Å²) in [5.74, 6) is -0.199. The van der Waals surface area contributed by atoms with Gasteiger partial charge in [-0.15, -0.1) is 0 Å².